The maximum atomic E-state index is 13.2. The van der Waals surface area contributed by atoms with E-state index >= 15 is 0 Å². The van der Waals surface area contributed by atoms with Crippen molar-refractivity contribution in [2.75, 3.05) is 0 Å². The summed E-state index contributed by atoms with van der Waals surface area (Å²) in [5, 5.41) is 0.515. The topological polar surface area (TPSA) is 70.1 Å². The highest BCUT2D eigenvalue weighted by Gasteiger charge is 2.36. The van der Waals surface area contributed by atoms with Crippen LogP contribution in [0.1, 0.15) is 40.5 Å². The van der Waals surface area contributed by atoms with Crippen molar-refractivity contribution in [3.8, 4) is 16.3 Å². The predicted molar refractivity (Wildman–Crippen MR) is 113 cm³/mol. The van der Waals surface area contributed by atoms with Crippen LogP contribution in [0.3, 0.4) is 0 Å². The average molecular weight is 468 g/mol. The van der Waals surface area contributed by atoms with Gasteiger partial charge in [-0.1, -0.05) is 29.8 Å². The maximum Gasteiger partial charge on any atom is 0.414 e. The van der Waals surface area contributed by atoms with Gasteiger partial charge in [0.05, 0.1) is 22.3 Å². The molecule has 1 aliphatic rings. The van der Waals surface area contributed by atoms with E-state index in [2.05, 4.69) is 4.98 Å². The second kappa shape index (κ2) is 8.05. The number of ether oxygens (including phenoxy) is 1. The molecule has 0 aliphatic carbocycles. The minimum Gasteiger partial charge on any atom is -0.484 e. The Labute approximate surface area is 184 Å². The van der Waals surface area contributed by atoms with Crippen LogP contribution < -0.4 is 10.5 Å². The second-order valence-electron chi connectivity index (χ2n) is 7.03. The van der Waals surface area contributed by atoms with Crippen LogP contribution in [-0.4, -0.2) is 21.6 Å². The summed E-state index contributed by atoms with van der Waals surface area (Å²) < 4.78 is 47.0. The Morgan fingerprint density at radius 3 is 2.74 bits per heavy atom. The summed E-state index contributed by atoms with van der Waals surface area (Å²) in [6.07, 6.45) is -2.30. The number of nitrogens with zero attached hydrogens (tertiary/aromatic N) is 2. The molecule has 1 aromatic carbocycles. The largest absolute Gasteiger partial charge is 0.484 e. The average Bonchev–Trinajstić information content (AvgIpc) is 3.31. The lowest BCUT2D eigenvalue weighted by Gasteiger charge is -2.18. The van der Waals surface area contributed by atoms with Crippen molar-refractivity contribution < 1.29 is 22.7 Å². The van der Waals surface area contributed by atoms with Crippen molar-refractivity contribution in [2.45, 2.75) is 32.0 Å². The van der Waals surface area contributed by atoms with Crippen LogP contribution in [0.2, 0.25) is 5.02 Å². The number of primary amides is 1. The fourth-order valence-corrected chi connectivity index (χ4v) is 4.65. The summed E-state index contributed by atoms with van der Waals surface area (Å²) in [6, 6.07) is 8.74. The fourth-order valence-electron chi connectivity index (χ4n) is 3.41. The van der Waals surface area contributed by atoms with Gasteiger partial charge in [-0.25, -0.2) is 4.98 Å². The number of aryl methyl sites for hydroxylation is 1. The number of allylic oxidation sites excluding steroid dienone is 1. The summed E-state index contributed by atoms with van der Waals surface area (Å²) in [6.45, 7) is 1.78. The molecular formula is C21H17ClF3N3O2S. The molecule has 0 fully saturated rings. The molecule has 3 aromatic rings. The Balaban J connectivity index is 1.72. The first-order valence-electron chi connectivity index (χ1n) is 9.34. The molecule has 2 aromatic heterocycles. The van der Waals surface area contributed by atoms with Crippen molar-refractivity contribution in [3.05, 3.63) is 63.4 Å². The highest BCUT2D eigenvalue weighted by Crippen LogP contribution is 2.41. The molecule has 4 rings (SSSR count). The molecule has 31 heavy (non-hydrogen) atoms. The van der Waals surface area contributed by atoms with Crippen molar-refractivity contribution in [3.63, 3.8) is 0 Å². The van der Waals surface area contributed by atoms with Crippen molar-refractivity contribution in [2.24, 2.45) is 5.73 Å². The van der Waals surface area contributed by atoms with Crippen LogP contribution in [-0.2, 0) is 6.42 Å². The number of thiophene rings is 1. The molecule has 1 amide bonds. The number of carbonyl (C=O) groups excluding carboxylic acids is 1. The molecule has 5 nitrogen and oxygen atoms in total. The van der Waals surface area contributed by atoms with Gasteiger partial charge in [-0.3, -0.25) is 4.79 Å². The first-order valence-corrected chi connectivity index (χ1v) is 10.5. The Hall–Kier alpha value is -2.78. The molecular weight excluding hydrogens is 451 g/mol. The third-order valence-electron chi connectivity index (χ3n) is 4.96. The highest BCUT2D eigenvalue weighted by atomic mass is 35.5. The molecule has 0 saturated carbocycles. The number of amides is 1. The van der Waals surface area contributed by atoms with Gasteiger partial charge in [-0.05, 0) is 19.4 Å². The van der Waals surface area contributed by atoms with Gasteiger partial charge in [0.15, 0.2) is 0 Å². The lowest BCUT2D eigenvalue weighted by molar-refractivity contribution is -0.0935. The summed E-state index contributed by atoms with van der Waals surface area (Å²) in [7, 11) is 0. The minimum atomic E-state index is -4.41. The minimum absolute atomic E-state index is 0.124. The number of carbonyl (C=O) groups is 1. The fraction of sp³-hybridized carbons (Fsp3) is 0.238. The summed E-state index contributed by atoms with van der Waals surface area (Å²) in [4.78, 5) is 16.9. The maximum absolute atomic E-state index is 13.2. The Morgan fingerprint density at radius 1 is 1.32 bits per heavy atom. The normalized spacial score (nSPS) is 14.7. The number of benzene rings is 1. The van der Waals surface area contributed by atoms with E-state index in [1.165, 1.54) is 10.8 Å². The van der Waals surface area contributed by atoms with Crippen LogP contribution in [0.25, 0.3) is 16.8 Å². The molecule has 162 valence electrons. The number of halogens is 4. The lowest BCUT2D eigenvalue weighted by atomic mass is 10.1. The van der Waals surface area contributed by atoms with Gasteiger partial charge >= 0.3 is 6.18 Å². The quantitative estimate of drug-likeness (QED) is 0.511. The van der Waals surface area contributed by atoms with Crippen molar-refractivity contribution >= 4 is 35.0 Å². The van der Waals surface area contributed by atoms with E-state index in [9.17, 15) is 18.0 Å². The first-order chi connectivity index (χ1) is 14.6. The number of imidazole rings is 1. The van der Waals surface area contributed by atoms with E-state index in [1.807, 2.05) is 6.07 Å². The number of fused-ring (bicyclic) bond motifs is 1. The molecule has 0 saturated heterocycles. The monoisotopic (exact) mass is 467 g/mol. The van der Waals surface area contributed by atoms with Crippen LogP contribution in [0.15, 0.2) is 42.1 Å². The molecule has 0 spiro atoms. The standard InChI is InChI=1S/C21H17ClF3N3O2S/c1-11(13-4-2-3-5-14(13)22)30-16-8-17(31-19(16)20(26)29)15-9-27-18-7-6-12(10-28(15)18)21(23,24)25/h2-5,8-11H,6-7H2,1H3,(H2,26,29). The molecule has 0 radical (unpaired) electrons. The van der Waals surface area contributed by atoms with Crippen LogP contribution >= 0.6 is 22.9 Å². The highest BCUT2D eigenvalue weighted by molar-refractivity contribution is 7.17. The summed E-state index contributed by atoms with van der Waals surface area (Å²) in [5.74, 6) is 0.0674. The number of nitrogens with two attached hydrogens (primary N) is 1. The van der Waals surface area contributed by atoms with Gasteiger partial charge in [0.2, 0.25) is 0 Å². The SMILES string of the molecule is CC(Oc1cc(-c2cnc3n2C=C(C(F)(F)F)CC3)sc1C(N)=O)c1ccccc1Cl. The molecule has 1 aliphatic heterocycles. The Morgan fingerprint density at radius 2 is 2.06 bits per heavy atom. The van der Waals surface area contributed by atoms with Crippen LogP contribution in [0.4, 0.5) is 13.2 Å². The number of hydrogen-bond acceptors (Lipinski definition) is 4. The molecule has 2 N–H and O–H groups in total. The van der Waals surface area contributed by atoms with Gasteiger partial charge in [-0.15, -0.1) is 11.3 Å². The second-order valence-corrected chi connectivity index (χ2v) is 8.49. The zero-order valence-corrected chi connectivity index (χ0v) is 17.8. The van der Waals surface area contributed by atoms with Gasteiger partial charge in [0.1, 0.15) is 22.6 Å². The third kappa shape index (κ3) is 4.20. The Kier molecular flexibility index (Phi) is 5.57. The number of rotatable bonds is 5. The summed E-state index contributed by atoms with van der Waals surface area (Å²) in [5.41, 5.74) is 6.06. The van der Waals surface area contributed by atoms with E-state index in [0.717, 1.165) is 23.1 Å². The van der Waals surface area contributed by atoms with Crippen molar-refractivity contribution in [1.82, 2.24) is 9.55 Å². The zero-order valence-electron chi connectivity index (χ0n) is 16.2. The predicted octanol–water partition coefficient (Wildman–Crippen LogP) is 5.85. The zero-order chi connectivity index (χ0) is 22.3. The van der Waals surface area contributed by atoms with Gasteiger partial charge < -0.3 is 15.0 Å². The number of aromatic nitrogens is 2. The summed E-state index contributed by atoms with van der Waals surface area (Å²) >= 11 is 7.27. The first kappa shape index (κ1) is 21.5. The molecule has 1 atom stereocenters. The van der Waals surface area contributed by atoms with E-state index in [1.54, 1.807) is 31.2 Å². The molecule has 0 bridgehead atoms. The van der Waals surface area contributed by atoms with Gasteiger partial charge in [0.25, 0.3) is 5.91 Å². The smallest absolute Gasteiger partial charge is 0.414 e. The van der Waals surface area contributed by atoms with E-state index < -0.39 is 23.8 Å². The number of hydrogen-bond donors (Lipinski definition) is 1. The van der Waals surface area contributed by atoms with Crippen LogP contribution in [0, 0.1) is 0 Å². The van der Waals surface area contributed by atoms with Gasteiger partial charge in [-0.2, -0.15) is 13.2 Å². The van der Waals surface area contributed by atoms with E-state index in [4.69, 9.17) is 22.1 Å². The van der Waals surface area contributed by atoms with E-state index in [0.29, 0.717) is 21.4 Å². The van der Waals surface area contributed by atoms with Crippen LogP contribution in [0.5, 0.6) is 5.75 Å². The third-order valence-corrected chi connectivity index (χ3v) is 6.46. The Bertz CT molecular complexity index is 1180. The number of alkyl halides is 3. The lowest BCUT2D eigenvalue weighted by Crippen LogP contribution is -2.18. The van der Waals surface area contributed by atoms with Crippen molar-refractivity contribution in [1.29, 1.82) is 0 Å². The molecule has 10 heteroatoms. The van der Waals surface area contributed by atoms with Gasteiger partial charge in [0, 0.05) is 29.3 Å². The van der Waals surface area contributed by atoms with E-state index in [-0.39, 0.29) is 23.5 Å². The molecule has 1 unspecified atom stereocenters. The molecule has 3 heterocycles.